The Hall–Kier alpha value is -1.36. The smallest absolute Gasteiger partial charge is 0.314 e. The van der Waals surface area contributed by atoms with Crippen LogP contribution in [0.5, 0.6) is 0 Å². The SMILES string of the molecule is CC(=O)OC[C@]12CCCC(C)(C)[C@@H]1CC[C@]1(C)[C@@H]2C[C@H]2OC(=O)[C@H]3C([C@@H](C)O)=CC[C@@H]1[C@@]32C. The van der Waals surface area contributed by atoms with Crippen molar-refractivity contribution in [3.8, 4) is 0 Å². The highest BCUT2D eigenvalue weighted by Gasteiger charge is 2.73. The Morgan fingerprint density at radius 1 is 1.18 bits per heavy atom. The fourth-order valence-corrected chi connectivity index (χ4v) is 10.0. The summed E-state index contributed by atoms with van der Waals surface area (Å²) in [7, 11) is 0. The van der Waals surface area contributed by atoms with Crippen molar-refractivity contribution in [3.05, 3.63) is 11.6 Å². The molecule has 5 rings (SSSR count). The Morgan fingerprint density at radius 3 is 2.58 bits per heavy atom. The van der Waals surface area contributed by atoms with Gasteiger partial charge in [0, 0.05) is 17.8 Å². The van der Waals surface area contributed by atoms with E-state index in [0.717, 1.165) is 44.1 Å². The zero-order valence-corrected chi connectivity index (χ0v) is 21.3. The van der Waals surface area contributed by atoms with E-state index in [4.69, 9.17) is 9.47 Å². The summed E-state index contributed by atoms with van der Waals surface area (Å²) in [6.45, 7) is 13.3. The van der Waals surface area contributed by atoms with E-state index in [0.29, 0.717) is 24.4 Å². The van der Waals surface area contributed by atoms with Gasteiger partial charge in [0.1, 0.15) is 6.10 Å². The topological polar surface area (TPSA) is 72.8 Å². The molecule has 33 heavy (non-hydrogen) atoms. The zero-order chi connectivity index (χ0) is 24.0. The molecule has 0 spiro atoms. The minimum Gasteiger partial charge on any atom is -0.465 e. The van der Waals surface area contributed by atoms with Gasteiger partial charge in [0.25, 0.3) is 0 Å². The molecule has 0 unspecified atom stereocenters. The van der Waals surface area contributed by atoms with Gasteiger partial charge in [-0.05, 0) is 79.6 Å². The number of esters is 2. The molecular formula is C28H42O5. The maximum atomic E-state index is 13.2. The van der Waals surface area contributed by atoms with E-state index in [1.54, 1.807) is 6.92 Å². The first-order chi connectivity index (χ1) is 15.4. The van der Waals surface area contributed by atoms with Crippen LogP contribution in [-0.4, -0.2) is 35.9 Å². The van der Waals surface area contributed by atoms with Crippen molar-refractivity contribution in [2.45, 2.75) is 98.7 Å². The van der Waals surface area contributed by atoms with Crippen LogP contribution >= 0.6 is 0 Å². The van der Waals surface area contributed by atoms with Crippen LogP contribution in [0.15, 0.2) is 11.6 Å². The van der Waals surface area contributed by atoms with Crippen molar-refractivity contribution in [2.75, 3.05) is 6.61 Å². The van der Waals surface area contributed by atoms with Crippen LogP contribution in [0, 0.1) is 45.3 Å². The lowest BCUT2D eigenvalue weighted by molar-refractivity contribution is -0.234. The van der Waals surface area contributed by atoms with E-state index in [1.165, 1.54) is 13.3 Å². The summed E-state index contributed by atoms with van der Waals surface area (Å²) in [6, 6.07) is 0. The summed E-state index contributed by atoms with van der Waals surface area (Å²) in [6.07, 6.45) is 8.82. The largest absolute Gasteiger partial charge is 0.465 e. The Balaban J connectivity index is 1.63. The Labute approximate surface area is 198 Å². The molecule has 0 amide bonds. The summed E-state index contributed by atoms with van der Waals surface area (Å²) < 4.78 is 12.0. The lowest BCUT2D eigenvalue weighted by atomic mass is 9.34. The third-order valence-electron chi connectivity index (χ3n) is 11.3. The molecule has 9 atom stereocenters. The summed E-state index contributed by atoms with van der Waals surface area (Å²) in [5.41, 5.74) is 0.748. The second kappa shape index (κ2) is 7.32. The van der Waals surface area contributed by atoms with Crippen LogP contribution < -0.4 is 0 Å². The van der Waals surface area contributed by atoms with Gasteiger partial charge >= 0.3 is 11.9 Å². The van der Waals surface area contributed by atoms with Crippen molar-refractivity contribution in [2.24, 2.45) is 45.3 Å². The molecule has 1 saturated heterocycles. The van der Waals surface area contributed by atoms with Crippen molar-refractivity contribution in [3.63, 3.8) is 0 Å². The van der Waals surface area contributed by atoms with Gasteiger partial charge in [0.2, 0.25) is 0 Å². The van der Waals surface area contributed by atoms with E-state index in [2.05, 4.69) is 33.8 Å². The Morgan fingerprint density at radius 2 is 1.91 bits per heavy atom. The minimum atomic E-state index is -0.630. The number of fused-ring (bicyclic) bond motifs is 4. The quantitative estimate of drug-likeness (QED) is 0.473. The van der Waals surface area contributed by atoms with E-state index in [-0.39, 0.29) is 45.6 Å². The lowest BCUT2D eigenvalue weighted by Gasteiger charge is -2.69. The molecule has 1 aliphatic heterocycles. The van der Waals surface area contributed by atoms with Gasteiger partial charge < -0.3 is 14.6 Å². The fourth-order valence-electron chi connectivity index (χ4n) is 10.0. The average molecular weight is 459 g/mol. The van der Waals surface area contributed by atoms with E-state index < -0.39 is 6.10 Å². The molecule has 1 heterocycles. The second-order valence-corrected chi connectivity index (χ2v) is 13.1. The number of aliphatic hydroxyl groups is 1. The molecule has 0 aromatic heterocycles. The highest BCUT2D eigenvalue weighted by molar-refractivity contribution is 5.80. The van der Waals surface area contributed by atoms with Gasteiger partial charge in [0.05, 0.1) is 18.6 Å². The molecule has 5 nitrogen and oxygen atoms in total. The third kappa shape index (κ3) is 2.99. The van der Waals surface area contributed by atoms with Gasteiger partial charge in [-0.15, -0.1) is 0 Å². The highest BCUT2D eigenvalue weighted by atomic mass is 16.6. The minimum absolute atomic E-state index is 0.0439. The maximum Gasteiger partial charge on any atom is 0.314 e. The lowest BCUT2D eigenvalue weighted by Crippen LogP contribution is -2.66. The van der Waals surface area contributed by atoms with Gasteiger partial charge in [-0.3, -0.25) is 9.59 Å². The van der Waals surface area contributed by atoms with E-state index >= 15 is 0 Å². The first kappa shape index (κ1) is 23.4. The van der Waals surface area contributed by atoms with Gasteiger partial charge in [0.15, 0.2) is 0 Å². The summed E-state index contributed by atoms with van der Waals surface area (Å²) >= 11 is 0. The second-order valence-electron chi connectivity index (χ2n) is 13.1. The summed E-state index contributed by atoms with van der Waals surface area (Å²) in [5, 5.41) is 10.5. The third-order valence-corrected chi connectivity index (χ3v) is 11.3. The summed E-state index contributed by atoms with van der Waals surface area (Å²) in [4.78, 5) is 25.2. The van der Waals surface area contributed by atoms with Crippen LogP contribution in [-0.2, 0) is 19.1 Å². The van der Waals surface area contributed by atoms with E-state index in [1.807, 2.05) is 0 Å². The van der Waals surface area contributed by atoms with E-state index in [9.17, 15) is 14.7 Å². The maximum absolute atomic E-state index is 13.2. The number of rotatable bonds is 3. The van der Waals surface area contributed by atoms with Crippen LogP contribution in [0.4, 0.5) is 0 Å². The first-order valence-electron chi connectivity index (χ1n) is 13.1. The molecule has 3 saturated carbocycles. The molecule has 1 N–H and O–H groups in total. The predicted molar refractivity (Wildman–Crippen MR) is 125 cm³/mol. The monoisotopic (exact) mass is 458 g/mol. The number of ether oxygens (including phenoxy) is 2. The van der Waals surface area contributed by atoms with Crippen LogP contribution in [0.1, 0.15) is 86.5 Å². The molecule has 184 valence electrons. The molecule has 5 heteroatoms. The number of hydrogen-bond acceptors (Lipinski definition) is 5. The molecule has 4 aliphatic carbocycles. The normalized spacial score (nSPS) is 48.5. The Kier molecular flexibility index (Phi) is 5.19. The molecule has 4 fully saturated rings. The van der Waals surface area contributed by atoms with Crippen molar-refractivity contribution >= 4 is 11.9 Å². The predicted octanol–water partition coefficient (Wildman–Crippen LogP) is 5.06. The molecule has 0 bridgehead atoms. The molecular weight excluding hydrogens is 416 g/mol. The van der Waals surface area contributed by atoms with Crippen LogP contribution in [0.2, 0.25) is 0 Å². The molecule has 5 aliphatic rings. The first-order valence-corrected chi connectivity index (χ1v) is 13.1. The van der Waals surface area contributed by atoms with Gasteiger partial charge in [-0.1, -0.05) is 40.2 Å². The zero-order valence-electron chi connectivity index (χ0n) is 21.3. The van der Waals surface area contributed by atoms with Gasteiger partial charge in [-0.2, -0.15) is 0 Å². The number of hydrogen-bond donors (Lipinski definition) is 1. The number of allylic oxidation sites excluding steroid dienone is 1. The van der Waals surface area contributed by atoms with Crippen molar-refractivity contribution in [1.82, 2.24) is 0 Å². The summed E-state index contributed by atoms with van der Waals surface area (Å²) in [5.74, 6) is 0.460. The molecule has 0 aromatic rings. The highest BCUT2D eigenvalue weighted by Crippen LogP contribution is 2.74. The average Bonchev–Trinajstić information content (AvgIpc) is 2.97. The van der Waals surface area contributed by atoms with Crippen molar-refractivity contribution < 1.29 is 24.2 Å². The Bertz CT molecular complexity index is 889. The standard InChI is InChI=1S/C28H42O5/c1-16(29)18-8-9-20-26(5)13-10-19-25(3,4)11-7-12-28(19,15-32-17(2)30)21(26)14-22-27(20,6)23(18)24(31)33-22/h8,16,19-23,29H,7,9-15H2,1-6H3/t16-,19+,20+,21+,22-,23-,26+,27-,28-/m1/s1. The number of aliphatic hydroxyl groups excluding tert-OH is 1. The van der Waals surface area contributed by atoms with Crippen LogP contribution in [0.3, 0.4) is 0 Å². The molecule has 0 radical (unpaired) electrons. The number of carbonyl (C=O) groups is 2. The van der Waals surface area contributed by atoms with Crippen molar-refractivity contribution in [1.29, 1.82) is 0 Å². The van der Waals surface area contributed by atoms with Gasteiger partial charge in [-0.25, -0.2) is 0 Å². The number of carbonyl (C=O) groups excluding carboxylic acids is 2. The molecule has 0 aromatic carbocycles. The van der Waals surface area contributed by atoms with Crippen LogP contribution in [0.25, 0.3) is 0 Å². The fraction of sp³-hybridized carbons (Fsp3) is 0.857.